The predicted molar refractivity (Wildman–Crippen MR) is 107 cm³/mol. The maximum absolute atomic E-state index is 13.1. The standard InChI is InChI=1S/C20H31N3O3S/c1-21(2)18-9-11-19(12-10-18)27(25,26)23-15-7-8-17(16-23)20(24)22-13-5-3-4-6-14-22/h9-12,17H,3-8,13-16H2,1-2H3/t17-/m0/s1. The molecular formula is C20H31N3O3S. The molecule has 0 spiro atoms. The third-order valence-electron chi connectivity index (χ3n) is 5.64. The van der Waals surface area contributed by atoms with Crippen molar-refractivity contribution in [2.24, 2.45) is 5.92 Å². The molecule has 6 nitrogen and oxygen atoms in total. The minimum absolute atomic E-state index is 0.139. The second kappa shape index (κ2) is 8.61. The molecule has 0 aromatic heterocycles. The molecule has 0 saturated carbocycles. The lowest BCUT2D eigenvalue weighted by Crippen LogP contribution is -2.46. The Hall–Kier alpha value is -1.60. The van der Waals surface area contributed by atoms with Gasteiger partial charge in [-0.25, -0.2) is 8.42 Å². The summed E-state index contributed by atoms with van der Waals surface area (Å²) in [6.45, 7) is 2.41. The molecule has 1 aromatic rings. The lowest BCUT2D eigenvalue weighted by Gasteiger charge is -2.34. The lowest BCUT2D eigenvalue weighted by atomic mass is 9.98. The van der Waals surface area contributed by atoms with Crippen molar-refractivity contribution in [1.82, 2.24) is 9.21 Å². The zero-order valence-electron chi connectivity index (χ0n) is 16.4. The van der Waals surface area contributed by atoms with Crippen LogP contribution in [-0.2, 0) is 14.8 Å². The molecule has 2 aliphatic heterocycles. The van der Waals surface area contributed by atoms with Crippen molar-refractivity contribution in [3.63, 3.8) is 0 Å². The number of nitrogens with zero attached hydrogens (tertiary/aromatic N) is 3. The Morgan fingerprint density at radius 2 is 1.59 bits per heavy atom. The van der Waals surface area contributed by atoms with Gasteiger partial charge in [-0.15, -0.1) is 0 Å². The van der Waals surface area contributed by atoms with Crippen molar-refractivity contribution in [2.45, 2.75) is 43.4 Å². The first kappa shape index (κ1) is 20.1. The molecule has 3 rings (SSSR count). The molecule has 1 atom stereocenters. The van der Waals surface area contributed by atoms with Crippen LogP contribution in [0.5, 0.6) is 0 Å². The molecule has 2 saturated heterocycles. The fourth-order valence-corrected chi connectivity index (χ4v) is 5.50. The number of carbonyl (C=O) groups is 1. The molecule has 7 heteroatoms. The Kier molecular flexibility index (Phi) is 6.42. The van der Waals surface area contributed by atoms with Gasteiger partial charge < -0.3 is 9.80 Å². The summed E-state index contributed by atoms with van der Waals surface area (Å²) in [5.41, 5.74) is 0.960. The van der Waals surface area contributed by atoms with Gasteiger partial charge in [0, 0.05) is 46.0 Å². The fraction of sp³-hybridized carbons (Fsp3) is 0.650. The number of hydrogen-bond acceptors (Lipinski definition) is 4. The minimum Gasteiger partial charge on any atom is -0.378 e. The van der Waals surface area contributed by atoms with Crippen LogP contribution in [-0.4, -0.2) is 63.8 Å². The molecule has 0 bridgehead atoms. The van der Waals surface area contributed by atoms with E-state index in [4.69, 9.17) is 0 Å². The first-order chi connectivity index (χ1) is 12.9. The molecule has 2 fully saturated rings. The Morgan fingerprint density at radius 3 is 2.19 bits per heavy atom. The van der Waals surface area contributed by atoms with Gasteiger partial charge in [-0.1, -0.05) is 12.8 Å². The summed E-state index contributed by atoms with van der Waals surface area (Å²) in [4.78, 5) is 17.1. The van der Waals surface area contributed by atoms with Gasteiger partial charge in [-0.05, 0) is 49.9 Å². The summed E-state index contributed by atoms with van der Waals surface area (Å²) in [5, 5.41) is 0. The highest BCUT2D eigenvalue weighted by atomic mass is 32.2. The molecule has 1 aromatic carbocycles. The van der Waals surface area contributed by atoms with Crippen LogP contribution >= 0.6 is 0 Å². The molecule has 150 valence electrons. The van der Waals surface area contributed by atoms with Gasteiger partial charge in [0.25, 0.3) is 0 Å². The van der Waals surface area contributed by atoms with E-state index in [-0.39, 0.29) is 11.8 Å². The third kappa shape index (κ3) is 4.63. The van der Waals surface area contributed by atoms with E-state index >= 15 is 0 Å². The quantitative estimate of drug-likeness (QED) is 0.789. The van der Waals surface area contributed by atoms with Crippen LogP contribution < -0.4 is 4.90 Å². The normalized spacial score (nSPS) is 22.3. The lowest BCUT2D eigenvalue weighted by molar-refractivity contribution is -0.136. The summed E-state index contributed by atoms with van der Waals surface area (Å²) in [6, 6.07) is 6.95. The predicted octanol–water partition coefficient (Wildman–Crippen LogP) is 2.56. The third-order valence-corrected chi connectivity index (χ3v) is 7.52. The molecule has 0 unspecified atom stereocenters. The van der Waals surface area contributed by atoms with Gasteiger partial charge in [0.05, 0.1) is 10.8 Å². The number of piperidine rings is 1. The van der Waals surface area contributed by atoms with Crippen molar-refractivity contribution in [2.75, 3.05) is 45.2 Å². The van der Waals surface area contributed by atoms with Crippen molar-refractivity contribution < 1.29 is 13.2 Å². The van der Waals surface area contributed by atoms with Crippen LogP contribution in [0.25, 0.3) is 0 Å². The van der Waals surface area contributed by atoms with E-state index in [0.29, 0.717) is 18.0 Å². The first-order valence-electron chi connectivity index (χ1n) is 9.96. The molecule has 2 heterocycles. The summed E-state index contributed by atoms with van der Waals surface area (Å²) in [5.74, 6) is -0.0765. The Bertz CT molecular complexity index is 738. The summed E-state index contributed by atoms with van der Waals surface area (Å²) in [7, 11) is 0.283. The van der Waals surface area contributed by atoms with Crippen molar-refractivity contribution in [3.8, 4) is 0 Å². The minimum atomic E-state index is -3.56. The largest absolute Gasteiger partial charge is 0.378 e. The van der Waals surface area contributed by atoms with E-state index in [1.54, 1.807) is 12.1 Å². The van der Waals surface area contributed by atoms with Crippen molar-refractivity contribution in [3.05, 3.63) is 24.3 Å². The number of hydrogen-bond donors (Lipinski definition) is 0. The average Bonchev–Trinajstić information content (AvgIpc) is 2.97. The number of sulfonamides is 1. The van der Waals surface area contributed by atoms with E-state index in [1.807, 2.05) is 36.0 Å². The number of likely N-dealkylation sites (tertiary alicyclic amines) is 1. The maximum atomic E-state index is 13.1. The van der Waals surface area contributed by atoms with Gasteiger partial charge in [0.2, 0.25) is 15.9 Å². The Labute approximate surface area is 163 Å². The van der Waals surface area contributed by atoms with Crippen LogP contribution in [0, 0.1) is 5.92 Å². The zero-order chi connectivity index (χ0) is 19.4. The highest BCUT2D eigenvalue weighted by Gasteiger charge is 2.35. The van der Waals surface area contributed by atoms with Crippen LogP contribution in [0.15, 0.2) is 29.2 Å². The Morgan fingerprint density at radius 1 is 0.963 bits per heavy atom. The smallest absolute Gasteiger partial charge is 0.243 e. The Balaban J connectivity index is 1.71. The van der Waals surface area contributed by atoms with Crippen LogP contribution in [0.1, 0.15) is 38.5 Å². The molecule has 0 radical (unpaired) electrons. The van der Waals surface area contributed by atoms with E-state index in [0.717, 1.165) is 44.5 Å². The van der Waals surface area contributed by atoms with Crippen molar-refractivity contribution in [1.29, 1.82) is 0 Å². The summed E-state index contributed by atoms with van der Waals surface area (Å²) >= 11 is 0. The van der Waals surface area contributed by atoms with E-state index in [1.165, 1.54) is 17.1 Å². The molecule has 2 aliphatic rings. The summed E-state index contributed by atoms with van der Waals surface area (Å²) in [6.07, 6.45) is 5.98. The zero-order valence-corrected chi connectivity index (χ0v) is 17.2. The van der Waals surface area contributed by atoms with Crippen molar-refractivity contribution >= 4 is 21.6 Å². The monoisotopic (exact) mass is 393 g/mol. The number of rotatable bonds is 4. The van der Waals surface area contributed by atoms with Gasteiger partial charge >= 0.3 is 0 Å². The topological polar surface area (TPSA) is 60.9 Å². The van der Waals surface area contributed by atoms with Gasteiger partial charge in [-0.2, -0.15) is 4.31 Å². The maximum Gasteiger partial charge on any atom is 0.243 e. The molecule has 1 amide bonds. The van der Waals surface area contributed by atoms with Gasteiger partial charge in [-0.3, -0.25) is 4.79 Å². The number of amides is 1. The van der Waals surface area contributed by atoms with Crippen LogP contribution in [0.3, 0.4) is 0 Å². The SMILES string of the molecule is CN(C)c1ccc(S(=O)(=O)N2CCC[C@H](C(=O)N3CCCCCC3)C2)cc1. The van der Waals surface area contributed by atoms with Crippen LogP contribution in [0.2, 0.25) is 0 Å². The number of carbonyl (C=O) groups excluding carboxylic acids is 1. The number of anilines is 1. The molecular weight excluding hydrogens is 362 g/mol. The fourth-order valence-electron chi connectivity index (χ4n) is 3.98. The van der Waals surface area contributed by atoms with Gasteiger partial charge in [0.1, 0.15) is 0 Å². The molecule has 0 aliphatic carbocycles. The highest BCUT2D eigenvalue weighted by molar-refractivity contribution is 7.89. The van der Waals surface area contributed by atoms with E-state index in [2.05, 4.69) is 0 Å². The molecule has 27 heavy (non-hydrogen) atoms. The second-order valence-electron chi connectivity index (χ2n) is 7.83. The second-order valence-corrected chi connectivity index (χ2v) is 9.77. The summed E-state index contributed by atoms with van der Waals surface area (Å²) < 4.78 is 27.6. The molecule has 0 N–H and O–H groups in total. The number of benzene rings is 1. The van der Waals surface area contributed by atoms with E-state index < -0.39 is 10.0 Å². The van der Waals surface area contributed by atoms with Crippen LogP contribution in [0.4, 0.5) is 5.69 Å². The van der Waals surface area contributed by atoms with Gasteiger partial charge in [0.15, 0.2) is 0 Å². The first-order valence-corrected chi connectivity index (χ1v) is 11.4. The average molecular weight is 394 g/mol. The van der Waals surface area contributed by atoms with E-state index in [9.17, 15) is 13.2 Å². The highest BCUT2D eigenvalue weighted by Crippen LogP contribution is 2.27.